The van der Waals surface area contributed by atoms with Crippen molar-refractivity contribution in [3.63, 3.8) is 0 Å². The Hall–Kier alpha value is -1.75. The number of phenols is 1. The SMILES string of the molecule is CC(N)c1ccc(N2CCN(C)C(=O)C2)cc1O. The third-order valence-electron chi connectivity index (χ3n) is 3.33. The predicted molar refractivity (Wildman–Crippen MR) is 70.6 cm³/mol. The molecular weight excluding hydrogens is 230 g/mol. The fourth-order valence-corrected chi connectivity index (χ4v) is 2.09. The molecule has 18 heavy (non-hydrogen) atoms. The van der Waals surface area contributed by atoms with Crippen LogP contribution in [0.25, 0.3) is 0 Å². The fraction of sp³-hybridized carbons (Fsp3) is 0.462. The molecule has 0 bridgehead atoms. The number of amides is 1. The molecule has 1 aliphatic rings. The molecule has 1 aliphatic heterocycles. The van der Waals surface area contributed by atoms with Gasteiger partial charge in [0.1, 0.15) is 5.75 Å². The predicted octanol–water partition coefficient (Wildman–Crippen LogP) is 0.690. The molecule has 0 radical (unpaired) electrons. The second kappa shape index (κ2) is 4.86. The zero-order chi connectivity index (χ0) is 13.3. The lowest BCUT2D eigenvalue weighted by Gasteiger charge is -2.33. The maximum absolute atomic E-state index is 11.6. The van der Waals surface area contributed by atoms with Crippen molar-refractivity contribution < 1.29 is 9.90 Å². The maximum Gasteiger partial charge on any atom is 0.241 e. The largest absolute Gasteiger partial charge is 0.508 e. The number of nitrogens with zero attached hydrogens (tertiary/aromatic N) is 2. The summed E-state index contributed by atoms with van der Waals surface area (Å²) >= 11 is 0. The molecular formula is C13H19N3O2. The van der Waals surface area contributed by atoms with E-state index in [9.17, 15) is 9.90 Å². The van der Waals surface area contributed by atoms with Gasteiger partial charge < -0.3 is 20.6 Å². The van der Waals surface area contributed by atoms with E-state index in [0.717, 1.165) is 17.8 Å². The second-order valence-electron chi connectivity index (χ2n) is 4.77. The normalized spacial score (nSPS) is 18.1. The summed E-state index contributed by atoms with van der Waals surface area (Å²) in [5, 5.41) is 9.91. The number of anilines is 1. The molecule has 0 aliphatic carbocycles. The molecule has 5 nitrogen and oxygen atoms in total. The Morgan fingerprint density at radius 3 is 2.67 bits per heavy atom. The quantitative estimate of drug-likeness (QED) is 0.809. The molecule has 1 fully saturated rings. The average molecular weight is 249 g/mol. The molecule has 0 saturated carbocycles. The van der Waals surface area contributed by atoms with E-state index < -0.39 is 0 Å². The Morgan fingerprint density at radius 1 is 1.39 bits per heavy atom. The number of hydrogen-bond acceptors (Lipinski definition) is 4. The Bertz CT molecular complexity index is 460. The molecule has 0 aromatic heterocycles. The van der Waals surface area contributed by atoms with Crippen molar-refractivity contribution in [1.82, 2.24) is 4.90 Å². The van der Waals surface area contributed by atoms with Crippen molar-refractivity contribution in [2.75, 3.05) is 31.6 Å². The maximum atomic E-state index is 11.6. The van der Waals surface area contributed by atoms with E-state index in [1.807, 2.05) is 24.0 Å². The van der Waals surface area contributed by atoms with E-state index in [0.29, 0.717) is 13.1 Å². The number of hydrogen-bond donors (Lipinski definition) is 2. The van der Waals surface area contributed by atoms with Gasteiger partial charge in [-0.25, -0.2) is 0 Å². The van der Waals surface area contributed by atoms with Crippen LogP contribution in [-0.4, -0.2) is 42.6 Å². The molecule has 1 amide bonds. The van der Waals surface area contributed by atoms with Crippen LogP contribution in [0.3, 0.4) is 0 Å². The van der Waals surface area contributed by atoms with E-state index in [1.54, 1.807) is 18.0 Å². The van der Waals surface area contributed by atoms with E-state index in [4.69, 9.17) is 5.73 Å². The van der Waals surface area contributed by atoms with Crippen LogP contribution in [0.15, 0.2) is 18.2 Å². The summed E-state index contributed by atoms with van der Waals surface area (Å²) in [5.41, 5.74) is 7.33. The minimum Gasteiger partial charge on any atom is -0.508 e. The van der Waals surface area contributed by atoms with Crippen LogP contribution in [0.4, 0.5) is 5.69 Å². The van der Waals surface area contributed by atoms with E-state index in [2.05, 4.69) is 0 Å². The highest BCUT2D eigenvalue weighted by molar-refractivity contribution is 5.82. The first-order chi connectivity index (χ1) is 8.49. The molecule has 1 unspecified atom stereocenters. The Morgan fingerprint density at radius 2 is 2.11 bits per heavy atom. The number of carbonyl (C=O) groups is 1. The van der Waals surface area contributed by atoms with Crippen molar-refractivity contribution in [2.24, 2.45) is 5.73 Å². The highest BCUT2D eigenvalue weighted by Crippen LogP contribution is 2.28. The van der Waals surface area contributed by atoms with Crippen LogP contribution in [0.2, 0.25) is 0 Å². The first-order valence-corrected chi connectivity index (χ1v) is 6.06. The van der Waals surface area contributed by atoms with Crippen molar-refractivity contribution >= 4 is 11.6 Å². The summed E-state index contributed by atoms with van der Waals surface area (Å²) in [6.07, 6.45) is 0. The topological polar surface area (TPSA) is 69.8 Å². The van der Waals surface area contributed by atoms with E-state index in [1.165, 1.54) is 0 Å². The van der Waals surface area contributed by atoms with Crippen molar-refractivity contribution in [2.45, 2.75) is 13.0 Å². The van der Waals surface area contributed by atoms with Crippen molar-refractivity contribution in [1.29, 1.82) is 0 Å². The second-order valence-corrected chi connectivity index (χ2v) is 4.77. The highest BCUT2D eigenvalue weighted by Gasteiger charge is 2.21. The van der Waals surface area contributed by atoms with Gasteiger partial charge in [0.05, 0.1) is 6.54 Å². The number of nitrogens with two attached hydrogens (primary N) is 1. The lowest BCUT2D eigenvalue weighted by Crippen LogP contribution is -2.48. The molecule has 1 saturated heterocycles. The van der Waals surface area contributed by atoms with Gasteiger partial charge in [0, 0.05) is 43.5 Å². The molecule has 5 heteroatoms. The van der Waals surface area contributed by atoms with Gasteiger partial charge >= 0.3 is 0 Å². The van der Waals surface area contributed by atoms with Crippen LogP contribution >= 0.6 is 0 Å². The first kappa shape index (κ1) is 12.7. The van der Waals surface area contributed by atoms with Gasteiger partial charge in [-0.2, -0.15) is 0 Å². The minimum absolute atomic E-state index is 0.0945. The molecule has 1 aromatic rings. The minimum atomic E-state index is -0.201. The van der Waals surface area contributed by atoms with Crippen LogP contribution in [0.1, 0.15) is 18.5 Å². The van der Waals surface area contributed by atoms with E-state index >= 15 is 0 Å². The Balaban J connectivity index is 2.19. The van der Waals surface area contributed by atoms with Crippen LogP contribution in [0, 0.1) is 0 Å². The standard InChI is InChI=1S/C13H19N3O2/c1-9(14)11-4-3-10(7-12(11)17)16-6-5-15(2)13(18)8-16/h3-4,7,9,17H,5-6,8,14H2,1-2H3. The summed E-state index contributed by atoms with van der Waals surface area (Å²) in [6, 6.07) is 5.19. The van der Waals surface area contributed by atoms with Gasteiger partial charge in [-0.05, 0) is 13.0 Å². The summed E-state index contributed by atoms with van der Waals surface area (Å²) < 4.78 is 0. The van der Waals surface area contributed by atoms with Crippen LogP contribution in [0.5, 0.6) is 5.75 Å². The Labute approximate surface area is 107 Å². The fourth-order valence-electron chi connectivity index (χ4n) is 2.09. The molecule has 98 valence electrons. The van der Waals surface area contributed by atoms with Crippen molar-refractivity contribution in [3.05, 3.63) is 23.8 Å². The van der Waals surface area contributed by atoms with Crippen LogP contribution < -0.4 is 10.6 Å². The third-order valence-corrected chi connectivity index (χ3v) is 3.33. The third kappa shape index (κ3) is 2.41. The molecule has 3 N–H and O–H groups in total. The van der Waals surface area contributed by atoms with E-state index in [-0.39, 0.29) is 17.7 Å². The molecule has 1 atom stereocenters. The zero-order valence-electron chi connectivity index (χ0n) is 10.8. The van der Waals surface area contributed by atoms with Gasteiger partial charge in [-0.3, -0.25) is 4.79 Å². The van der Waals surface area contributed by atoms with Crippen LogP contribution in [-0.2, 0) is 4.79 Å². The number of aromatic hydroxyl groups is 1. The average Bonchev–Trinajstić information content (AvgIpc) is 2.32. The van der Waals surface area contributed by atoms with Gasteiger partial charge in [0.2, 0.25) is 5.91 Å². The lowest BCUT2D eigenvalue weighted by molar-refractivity contribution is -0.129. The van der Waals surface area contributed by atoms with Gasteiger partial charge in [0.15, 0.2) is 0 Å². The number of likely N-dealkylation sites (N-methyl/N-ethyl adjacent to an activating group) is 1. The number of benzene rings is 1. The number of piperazine rings is 1. The summed E-state index contributed by atoms with van der Waals surface area (Å²) in [6.45, 7) is 3.66. The molecule has 0 spiro atoms. The summed E-state index contributed by atoms with van der Waals surface area (Å²) in [5.74, 6) is 0.283. The molecule has 2 rings (SSSR count). The summed E-state index contributed by atoms with van der Waals surface area (Å²) in [4.78, 5) is 15.3. The van der Waals surface area contributed by atoms with Gasteiger partial charge in [-0.15, -0.1) is 0 Å². The zero-order valence-corrected chi connectivity index (χ0v) is 10.8. The summed E-state index contributed by atoms with van der Waals surface area (Å²) in [7, 11) is 1.80. The van der Waals surface area contributed by atoms with Gasteiger partial charge in [0.25, 0.3) is 0 Å². The van der Waals surface area contributed by atoms with Gasteiger partial charge in [-0.1, -0.05) is 6.07 Å². The highest BCUT2D eigenvalue weighted by atomic mass is 16.3. The Kier molecular flexibility index (Phi) is 3.43. The van der Waals surface area contributed by atoms with Crippen molar-refractivity contribution in [3.8, 4) is 5.75 Å². The number of rotatable bonds is 2. The lowest BCUT2D eigenvalue weighted by atomic mass is 10.1. The smallest absolute Gasteiger partial charge is 0.241 e. The number of phenolic OH excluding ortho intramolecular Hbond substituents is 1. The molecule has 1 heterocycles. The molecule has 1 aromatic carbocycles. The first-order valence-electron chi connectivity index (χ1n) is 6.06. The number of carbonyl (C=O) groups excluding carboxylic acids is 1. The monoisotopic (exact) mass is 249 g/mol.